The summed E-state index contributed by atoms with van der Waals surface area (Å²) in [5.74, 6) is -0.00634. The molecule has 0 radical (unpaired) electrons. The first-order valence-corrected chi connectivity index (χ1v) is 6.10. The summed E-state index contributed by atoms with van der Waals surface area (Å²) in [5.41, 5.74) is 3.53. The maximum Gasteiger partial charge on any atom is 0.253 e. The van der Waals surface area contributed by atoms with E-state index in [0.717, 1.165) is 22.5 Å². The number of aromatic nitrogens is 2. The summed E-state index contributed by atoms with van der Waals surface area (Å²) in [6.07, 6.45) is 3.92. The van der Waals surface area contributed by atoms with Gasteiger partial charge in [0.25, 0.3) is 5.91 Å². The Kier molecular flexibility index (Phi) is 2.67. The number of benzene rings is 1. The van der Waals surface area contributed by atoms with E-state index in [9.17, 15) is 4.79 Å². The van der Waals surface area contributed by atoms with E-state index in [2.05, 4.69) is 10.2 Å². The summed E-state index contributed by atoms with van der Waals surface area (Å²) in [6.45, 7) is 1.97. The van der Waals surface area contributed by atoms with Crippen LogP contribution in [0.1, 0.15) is 17.5 Å². The lowest BCUT2D eigenvalue weighted by atomic mass is 10.1. The largest absolute Gasteiger partial charge is 0.275 e. The highest BCUT2D eigenvalue weighted by atomic mass is 16.2. The third-order valence-corrected chi connectivity index (χ3v) is 3.16. The van der Waals surface area contributed by atoms with Gasteiger partial charge in [0.05, 0.1) is 24.0 Å². The van der Waals surface area contributed by atoms with Gasteiger partial charge >= 0.3 is 0 Å². The highest BCUT2D eigenvalue weighted by Gasteiger charge is 2.27. The van der Waals surface area contributed by atoms with Crippen LogP contribution in [0, 0.1) is 6.92 Å². The Morgan fingerprint density at radius 1 is 1.26 bits per heavy atom. The van der Waals surface area contributed by atoms with Gasteiger partial charge in [0.2, 0.25) is 0 Å². The number of carbonyl (C=O) groups excluding carboxylic acids is 1. The molecule has 96 valence electrons. The quantitative estimate of drug-likeness (QED) is 0.821. The van der Waals surface area contributed by atoms with E-state index in [0.29, 0.717) is 6.42 Å². The molecule has 0 unspecified atom stereocenters. The van der Waals surface area contributed by atoms with E-state index in [1.165, 1.54) is 5.01 Å². The van der Waals surface area contributed by atoms with Crippen LogP contribution < -0.4 is 5.01 Å². The molecule has 2 aromatic rings. The Balaban J connectivity index is 1.98. The molecule has 19 heavy (non-hydrogen) atoms. The average molecular weight is 254 g/mol. The maximum absolute atomic E-state index is 12.1. The topological polar surface area (TPSA) is 50.5 Å². The molecule has 3 rings (SSSR count). The Morgan fingerprint density at radius 2 is 2.05 bits per heavy atom. The van der Waals surface area contributed by atoms with E-state index in [-0.39, 0.29) is 5.91 Å². The number of para-hydroxylation sites is 1. The fraction of sp³-hybridized carbons (Fsp3) is 0.214. The van der Waals surface area contributed by atoms with Gasteiger partial charge in [0, 0.05) is 18.8 Å². The van der Waals surface area contributed by atoms with Crippen LogP contribution in [0.25, 0.3) is 0 Å². The molecule has 1 aromatic heterocycles. The second-order valence-electron chi connectivity index (χ2n) is 4.62. The van der Waals surface area contributed by atoms with Crippen molar-refractivity contribution in [2.75, 3.05) is 5.01 Å². The molecule has 0 saturated heterocycles. The van der Waals surface area contributed by atoms with E-state index in [4.69, 9.17) is 0 Å². The van der Waals surface area contributed by atoms with Crippen LogP contribution in [0.3, 0.4) is 0 Å². The van der Waals surface area contributed by atoms with Gasteiger partial charge in [0.1, 0.15) is 0 Å². The summed E-state index contributed by atoms with van der Waals surface area (Å²) in [5, 5.41) is 10.0. The van der Waals surface area contributed by atoms with Gasteiger partial charge in [-0.15, -0.1) is 0 Å². The summed E-state index contributed by atoms with van der Waals surface area (Å²) in [7, 11) is 1.85. The number of hydrogen-bond acceptors (Lipinski definition) is 3. The summed E-state index contributed by atoms with van der Waals surface area (Å²) in [4.78, 5) is 12.1. The van der Waals surface area contributed by atoms with Crippen molar-refractivity contribution in [2.24, 2.45) is 12.1 Å². The molecule has 5 heteroatoms. The van der Waals surface area contributed by atoms with Crippen LogP contribution in [0.4, 0.5) is 5.69 Å². The Bertz CT molecular complexity index is 672. The van der Waals surface area contributed by atoms with E-state index in [1.807, 2.05) is 44.4 Å². The van der Waals surface area contributed by atoms with Crippen LogP contribution in [-0.2, 0) is 11.8 Å². The highest BCUT2D eigenvalue weighted by Crippen LogP contribution is 2.25. The zero-order valence-electron chi connectivity index (χ0n) is 10.9. The zero-order valence-corrected chi connectivity index (χ0v) is 10.9. The van der Waals surface area contributed by atoms with Crippen molar-refractivity contribution in [1.29, 1.82) is 0 Å². The standard InChI is InChI=1S/C14H14N4O/c1-10-5-3-4-6-13(10)18-14(19)7-12(16-18)11-8-15-17(2)9-11/h3-6,8-9H,7H2,1-2H3. The summed E-state index contributed by atoms with van der Waals surface area (Å²) in [6, 6.07) is 7.74. The zero-order chi connectivity index (χ0) is 13.4. The molecule has 0 aliphatic carbocycles. The second-order valence-corrected chi connectivity index (χ2v) is 4.62. The minimum atomic E-state index is -0.00634. The van der Waals surface area contributed by atoms with Crippen molar-refractivity contribution in [3.8, 4) is 0 Å². The van der Waals surface area contributed by atoms with Crippen molar-refractivity contribution >= 4 is 17.3 Å². The molecule has 1 aliphatic rings. The molecule has 2 heterocycles. The first kappa shape index (κ1) is 11.6. The van der Waals surface area contributed by atoms with Crippen LogP contribution >= 0.6 is 0 Å². The number of rotatable bonds is 2. The maximum atomic E-state index is 12.1. The molecule has 0 N–H and O–H groups in total. The smallest absolute Gasteiger partial charge is 0.253 e. The van der Waals surface area contributed by atoms with Crippen LogP contribution in [0.15, 0.2) is 41.8 Å². The molecule has 1 amide bonds. The van der Waals surface area contributed by atoms with Gasteiger partial charge < -0.3 is 0 Å². The predicted octanol–water partition coefficient (Wildman–Crippen LogP) is 1.87. The first-order chi connectivity index (χ1) is 9.15. The Labute approximate surface area is 111 Å². The van der Waals surface area contributed by atoms with Crippen molar-refractivity contribution in [2.45, 2.75) is 13.3 Å². The van der Waals surface area contributed by atoms with Crippen LogP contribution in [-0.4, -0.2) is 21.4 Å². The van der Waals surface area contributed by atoms with Crippen molar-refractivity contribution in [1.82, 2.24) is 9.78 Å². The molecular weight excluding hydrogens is 240 g/mol. The fourth-order valence-corrected chi connectivity index (χ4v) is 2.15. The highest BCUT2D eigenvalue weighted by molar-refractivity contribution is 6.19. The van der Waals surface area contributed by atoms with Gasteiger partial charge in [-0.3, -0.25) is 9.48 Å². The van der Waals surface area contributed by atoms with E-state index >= 15 is 0 Å². The third kappa shape index (κ3) is 2.03. The Hall–Kier alpha value is -2.43. The lowest BCUT2D eigenvalue weighted by molar-refractivity contribution is -0.116. The number of nitrogens with zero attached hydrogens (tertiary/aromatic N) is 4. The van der Waals surface area contributed by atoms with Gasteiger partial charge in [0.15, 0.2) is 0 Å². The minimum Gasteiger partial charge on any atom is -0.275 e. The molecule has 0 saturated carbocycles. The van der Waals surface area contributed by atoms with E-state index < -0.39 is 0 Å². The monoisotopic (exact) mass is 254 g/mol. The number of anilines is 1. The molecule has 5 nitrogen and oxygen atoms in total. The Morgan fingerprint density at radius 3 is 2.74 bits per heavy atom. The number of aryl methyl sites for hydroxylation is 2. The molecule has 1 aliphatic heterocycles. The van der Waals surface area contributed by atoms with E-state index in [1.54, 1.807) is 10.9 Å². The lowest BCUT2D eigenvalue weighted by Crippen LogP contribution is -2.20. The first-order valence-electron chi connectivity index (χ1n) is 6.10. The van der Waals surface area contributed by atoms with Gasteiger partial charge in [-0.1, -0.05) is 18.2 Å². The molecule has 0 bridgehead atoms. The summed E-state index contributed by atoms with van der Waals surface area (Å²) < 4.78 is 1.71. The normalized spacial score (nSPS) is 14.9. The minimum absolute atomic E-state index is 0.00634. The average Bonchev–Trinajstić information content (AvgIpc) is 2.96. The number of hydrazone groups is 1. The fourth-order valence-electron chi connectivity index (χ4n) is 2.15. The van der Waals surface area contributed by atoms with Crippen LogP contribution in [0.2, 0.25) is 0 Å². The number of amides is 1. The second kappa shape index (κ2) is 4.35. The van der Waals surface area contributed by atoms with Crippen molar-refractivity contribution < 1.29 is 4.79 Å². The molecule has 0 spiro atoms. The van der Waals surface area contributed by atoms with Crippen LogP contribution in [0.5, 0.6) is 0 Å². The van der Waals surface area contributed by atoms with Gasteiger partial charge in [-0.25, -0.2) is 0 Å². The van der Waals surface area contributed by atoms with Gasteiger partial charge in [-0.2, -0.15) is 15.2 Å². The van der Waals surface area contributed by atoms with Gasteiger partial charge in [-0.05, 0) is 18.6 Å². The lowest BCUT2D eigenvalue weighted by Gasteiger charge is -2.13. The molecular formula is C14H14N4O. The number of carbonyl (C=O) groups is 1. The van der Waals surface area contributed by atoms with Crippen molar-refractivity contribution in [3.63, 3.8) is 0 Å². The SMILES string of the molecule is Cc1ccccc1N1N=C(c2cnn(C)c2)CC1=O. The predicted molar refractivity (Wildman–Crippen MR) is 73.0 cm³/mol. The molecule has 1 aromatic carbocycles. The third-order valence-electron chi connectivity index (χ3n) is 3.16. The molecule has 0 fully saturated rings. The number of hydrogen-bond donors (Lipinski definition) is 0. The molecule has 0 atom stereocenters. The van der Waals surface area contributed by atoms with Crippen molar-refractivity contribution in [3.05, 3.63) is 47.8 Å². The summed E-state index contributed by atoms with van der Waals surface area (Å²) >= 11 is 0.